The Morgan fingerprint density at radius 2 is 1.81 bits per heavy atom. The molecule has 2 unspecified atom stereocenters. The summed E-state index contributed by atoms with van der Waals surface area (Å²) in [5.74, 6) is 0.391. The first-order valence-electron chi connectivity index (χ1n) is 9.60. The van der Waals surface area contributed by atoms with Crippen LogP contribution in [-0.4, -0.2) is 54.9 Å². The number of sulfonamides is 1. The second-order valence-electron chi connectivity index (χ2n) is 7.48. The molecule has 0 bridgehead atoms. The summed E-state index contributed by atoms with van der Waals surface area (Å²) < 4.78 is 27.3. The van der Waals surface area contributed by atoms with Crippen LogP contribution in [0.3, 0.4) is 0 Å². The Morgan fingerprint density at radius 3 is 2.33 bits per heavy atom. The minimum atomic E-state index is -3.55. The van der Waals surface area contributed by atoms with Crippen molar-refractivity contribution in [2.75, 3.05) is 19.6 Å². The van der Waals surface area contributed by atoms with Crippen LogP contribution >= 0.6 is 11.6 Å². The maximum Gasteiger partial charge on any atom is 0.243 e. The molecule has 1 aromatic carbocycles. The van der Waals surface area contributed by atoms with Crippen molar-refractivity contribution in [3.8, 4) is 0 Å². The van der Waals surface area contributed by atoms with Crippen LogP contribution in [0, 0.1) is 5.92 Å². The monoisotopic (exact) mass is 413 g/mol. The maximum absolute atomic E-state index is 12.9. The van der Waals surface area contributed by atoms with Gasteiger partial charge in [0.25, 0.3) is 0 Å². The summed E-state index contributed by atoms with van der Waals surface area (Å²) in [6.07, 6.45) is 2.10. The van der Waals surface area contributed by atoms with Crippen molar-refractivity contribution in [3.05, 3.63) is 29.3 Å². The molecule has 2 aliphatic heterocycles. The van der Waals surface area contributed by atoms with Crippen molar-refractivity contribution in [3.63, 3.8) is 0 Å². The zero-order valence-corrected chi connectivity index (χ0v) is 17.7. The van der Waals surface area contributed by atoms with E-state index in [1.54, 1.807) is 12.1 Å². The van der Waals surface area contributed by atoms with E-state index in [0.717, 1.165) is 6.42 Å². The van der Waals surface area contributed by atoms with Crippen molar-refractivity contribution in [2.45, 2.75) is 56.6 Å². The normalized spacial score (nSPS) is 24.5. The molecular weight excluding hydrogens is 386 g/mol. The molecule has 1 spiro atoms. The van der Waals surface area contributed by atoms with Crippen molar-refractivity contribution in [1.82, 2.24) is 14.5 Å². The number of benzene rings is 1. The Balaban J connectivity index is 1.77. The van der Waals surface area contributed by atoms with Gasteiger partial charge in [-0.3, -0.25) is 10.1 Å². The maximum atomic E-state index is 12.9. The van der Waals surface area contributed by atoms with Gasteiger partial charge in [0, 0.05) is 24.7 Å². The number of rotatable bonds is 5. The summed E-state index contributed by atoms with van der Waals surface area (Å²) in [4.78, 5) is 15.0. The number of halogens is 1. The van der Waals surface area contributed by atoms with E-state index in [2.05, 4.69) is 19.2 Å². The van der Waals surface area contributed by atoms with Gasteiger partial charge in [0.05, 0.1) is 16.6 Å². The van der Waals surface area contributed by atoms with Gasteiger partial charge in [0.1, 0.15) is 0 Å². The quantitative estimate of drug-likeness (QED) is 0.805. The first-order valence-corrected chi connectivity index (χ1v) is 11.4. The van der Waals surface area contributed by atoms with E-state index in [9.17, 15) is 13.2 Å². The lowest BCUT2D eigenvalue weighted by atomic mass is 9.96. The lowest BCUT2D eigenvalue weighted by Crippen LogP contribution is -2.59. The molecule has 1 N–H and O–H groups in total. The molecule has 6 nitrogen and oxygen atoms in total. The van der Waals surface area contributed by atoms with Crippen molar-refractivity contribution >= 4 is 27.5 Å². The molecule has 2 atom stereocenters. The van der Waals surface area contributed by atoms with Crippen LogP contribution in [0.25, 0.3) is 0 Å². The standard InChI is InChI=1S/C19H28ClN3O3S/c1-4-14(3)17-18(24)23(5-2)19(21-17)10-12-22(13-11-19)27(25,26)16-8-6-15(20)7-9-16/h6-9,14,17,21H,4-5,10-13H2,1-3H3. The van der Waals surface area contributed by atoms with E-state index < -0.39 is 15.7 Å². The van der Waals surface area contributed by atoms with Crippen LogP contribution in [0.5, 0.6) is 0 Å². The highest BCUT2D eigenvalue weighted by Gasteiger charge is 2.52. The predicted octanol–water partition coefficient (Wildman–Crippen LogP) is 2.69. The number of nitrogens with one attached hydrogen (secondary N) is 1. The van der Waals surface area contributed by atoms with Gasteiger partial charge in [-0.2, -0.15) is 4.31 Å². The fourth-order valence-corrected chi connectivity index (χ4v) is 5.72. The first-order chi connectivity index (χ1) is 12.7. The molecule has 1 amide bonds. The first kappa shape index (κ1) is 20.6. The summed E-state index contributed by atoms with van der Waals surface area (Å²) in [7, 11) is -3.55. The number of carbonyl (C=O) groups is 1. The molecule has 2 fully saturated rings. The Bertz CT molecular complexity index is 789. The van der Waals surface area contributed by atoms with Crippen LogP contribution in [0.2, 0.25) is 5.02 Å². The molecule has 0 saturated carbocycles. The molecule has 3 rings (SSSR count). The predicted molar refractivity (Wildman–Crippen MR) is 106 cm³/mol. The van der Waals surface area contributed by atoms with Crippen molar-refractivity contribution < 1.29 is 13.2 Å². The fraction of sp³-hybridized carbons (Fsp3) is 0.632. The molecule has 2 aliphatic rings. The van der Waals surface area contributed by atoms with E-state index in [1.807, 2.05) is 11.8 Å². The van der Waals surface area contributed by atoms with E-state index in [4.69, 9.17) is 11.6 Å². The average molecular weight is 414 g/mol. The van der Waals surface area contributed by atoms with E-state index in [0.29, 0.717) is 37.5 Å². The fourth-order valence-electron chi connectivity index (χ4n) is 4.15. The highest BCUT2D eigenvalue weighted by atomic mass is 35.5. The second kappa shape index (κ2) is 7.70. The summed E-state index contributed by atoms with van der Waals surface area (Å²) in [6, 6.07) is 6.07. The van der Waals surface area contributed by atoms with Crippen LogP contribution in [0.1, 0.15) is 40.0 Å². The van der Waals surface area contributed by atoms with Gasteiger partial charge < -0.3 is 4.90 Å². The van der Waals surface area contributed by atoms with Crippen molar-refractivity contribution in [1.29, 1.82) is 0 Å². The summed E-state index contributed by atoms with van der Waals surface area (Å²) >= 11 is 5.87. The van der Waals surface area contributed by atoms with E-state index >= 15 is 0 Å². The number of carbonyl (C=O) groups excluding carboxylic acids is 1. The molecule has 2 heterocycles. The van der Waals surface area contributed by atoms with Gasteiger partial charge in [-0.15, -0.1) is 0 Å². The number of amides is 1. The molecule has 150 valence electrons. The number of nitrogens with zero attached hydrogens (tertiary/aromatic N) is 2. The highest BCUT2D eigenvalue weighted by Crippen LogP contribution is 2.36. The number of piperidine rings is 1. The lowest BCUT2D eigenvalue weighted by molar-refractivity contribution is -0.133. The van der Waals surface area contributed by atoms with E-state index in [1.165, 1.54) is 16.4 Å². The average Bonchev–Trinajstić information content (AvgIpc) is 2.93. The van der Waals surface area contributed by atoms with Gasteiger partial charge in [-0.25, -0.2) is 8.42 Å². The van der Waals surface area contributed by atoms with Gasteiger partial charge in [-0.1, -0.05) is 31.9 Å². The Labute approximate surface area is 166 Å². The molecule has 1 aromatic rings. The number of likely N-dealkylation sites (N-methyl/N-ethyl adjacent to an activating group) is 1. The second-order valence-corrected chi connectivity index (χ2v) is 9.85. The minimum absolute atomic E-state index is 0.140. The molecule has 0 aromatic heterocycles. The van der Waals surface area contributed by atoms with Crippen LogP contribution in [0.15, 0.2) is 29.2 Å². The zero-order chi connectivity index (χ0) is 19.8. The Morgan fingerprint density at radius 1 is 1.22 bits per heavy atom. The van der Waals surface area contributed by atoms with E-state index in [-0.39, 0.29) is 22.8 Å². The van der Waals surface area contributed by atoms with Gasteiger partial charge in [0.2, 0.25) is 15.9 Å². The molecular formula is C19H28ClN3O3S. The third-order valence-electron chi connectivity index (χ3n) is 6.00. The summed E-state index contributed by atoms with van der Waals surface area (Å²) in [5.41, 5.74) is -0.439. The van der Waals surface area contributed by atoms with Crippen molar-refractivity contribution in [2.24, 2.45) is 5.92 Å². The smallest absolute Gasteiger partial charge is 0.243 e. The minimum Gasteiger partial charge on any atom is -0.323 e. The summed E-state index contributed by atoms with van der Waals surface area (Å²) in [5, 5.41) is 4.07. The third kappa shape index (κ3) is 3.62. The molecule has 0 radical (unpaired) electrons. The zero-order valence-electron chi connectivity index (χ0n) is 16.1. The third-order valence-corrected chi connectivity index (χ3v) is 8.17. The van der Waals surface area contributed by atoms with Gasteiger partial charge >= 0.3 is 0 Å². The Kier molecular flexibility index (Phi) is 5.87. The SMILES string of the molecule is CCC(C)C1NC2(CCN(S(=O)(=O)c3ccc(Cl)cc3)CC2)N(CC)C1=O. The molecule has 0 aliphatic carbocycles. The van der Waals surface area contributed by atoms with Crippen LogP contribution < -0.4 is 5.32 Å². The van der Waals surface area contributed by atoms with Gasteiger partial charge in [-0.05, 0) is 49.9 Å². The lowest BCUT2D eigenvalue weighted by Gasteiger charge is -2.44. The summed E-state index contributed by atoms with van der Waals surface area (Å²) in [6.45, 7) is 7.55. The molecule has 2 saturated heterocycles. The largest absolute Gasteiger partial charge is 0.323 e. The topological polar surface area (TPSA) is 69.7 Å². The number of hydrogen-bond acceptors (Lipinski definition) is 4. The van der Waals surface area contributed by atoms with Gasteiger partial charge in [0.15, 0.2) is 0 Å². The molecule has 27 heavy (non-hydrogen) atoms. The van der Waals surface area contributed by atoms with Crippen LogP contribution in [0.4, 0.5) is 0 Å². The number of hydrogen-bond donors (Lipinski definition) is 1. The Hall–Kier alpha value is -1.15. The van der Waals surface area contributed by atoms with Crippen LogP contribution in [-0.2, 0) is 14.8 Å². The highest BCUT2D eigenvalue weighted by molar-refractivity contribution is 7.89. The molecule has 8 heteroatoms.